The van der Waals surface area contributed by atoms with Crippen LogP contribution in [0.5, 0.6) is 0 Å². The number of nitrogens with two attached hydrogens (primary N) is 2. The highest BCUT2D eigenvalue weighted by Crippen LogP contribution is 2.31. The predicted molar refractivity (Wildman–Crippen MR) is 61.3 cm³/mol. The third-order valence-electron chi connectivity index (χ3n) is 2.61. The second kappa shape index (κ2) is 6.02. The van der Waals surface area contributed by atoms with Gasteiger partial charge in [-0.1, -0.05) is 18.6 Å². The minimum Gasteiger partial charge on any atom is -0.330 e. The molecule has 0 aliphatic heterocycles. The minimum absolute atomic E-state index is 0.358. The molecular formula is C12H17F3N2. The Morgan fingerprint density at radius 3 is 2.47 bits per heavy atom. The van der Waals surface area contributed by atoms with Gasteiger partial charge in [0.05, 0.1) is 5.56 Å². The molecule has 17 heavy (non-hydrogen) atoms. The predicted octanol–water partition coefficient (Wildman–Crippen LogP) is 2.83. The third kappa shape index (κ3) is 4.36. The molecule has 0 bridgehead atoms. The summed E-state index contributed by atoms with van der Waals surface area (Å²) < 4.78 is 37.4. The standard InChI is InChI=1S/C12H17F3N2/c13-12(14,15)10-5-3-4-9(8-10)11(17)6-1-2-7-16/h3-5,8,11H,1-2,6-7,16-17H2/t11-/m0/s1. The number of hydrogen-bond donors (Lipinski definition) is 2. The van der Waals surface area contributed by atoms with E-state index in [1.165, 1.54) is 6.07 Å². The first-order chi connectivity index (χ1) is 7.95. The Morgan fingerprint density at radius 1 is 1.18 bits per heavy atom. The molecule has 0 spiro atoms. The normalized spacial score (nSPS) is 13.7. The fourth-order valence-electron chi connectivity index (χ4n) is 1.62. The average Bonchev–Trinajstić information content (AvgIpc) is 2.28. The first kappa shape index (κ1) is 14.0. The molecule has 0 saturated heterocycles. The maximum Gasteiger partial charge on any atom is 0.416 e. The van der Waals surface area contributed by atoms with Crippen LogP contribution in [0.4, 0.5) is 13.2 Å². The van der Waals surface area contributed by atoms with E-state index in [9.17, 15) is 13.2 Å². The second-order valence-corrected chi connectivity index (χ2v) is 4.01. The topological polar surface area (TPSA) is 52.0 Å². The number of unbranched alkanes of at least 4 members (excludes halogenated alkanes) is 1. The van der Waals surface area contributed by atoms with Crippen LogP contribution in [-0.2, 0) is 6.18 Å². The molecule has 4 N–H and O–H groups in total. The van der Waals surface area contributed by atoms with Crippen LogP contribution < -0.4 is 11.5 Å². The van der Waals surface area contributed by atoms with Crippen LogP contribution in [0.1, 0.15) is 36.4 Å². The number of hydrogen-bond acceptors (Lipinski definition) is 2. The molecular weight excluding hydrogens is 229 g/mol. The number of rotatable bonds is 5. The van der Waals surface area contributed by atoms with E-state index >= 15 is 0 Å². The second-order valence-electron chi connectivity index (χ2n) is 4.01. The molecule has 0 aliphatic rings. The highest BCUT2D eigenvalue weighted by molar-refractivity contribution is 5.27. The Hall–Kier alpha value is -1.07. The lowest BCUT2D eigenvalue weighted by atomic mass is 10.00. The lowest BCUT2D eigenvalue weighted by molar-refractivity contribution is -0.137. The summed E-state index contributed by atoms with van der Waals surface area (Å²) in [6.07, 6.45) is -1.99. The maximum atomic E-state index is 12.5. The van der Waals surface area contributed by atoms with Gasteiger partial charge in [-0.05, 0) is 37.1 Å². The fraction of sp³-hybridized carbons (Fsp3) is 0.500. The molecule has 0 aliphatic carbocycles. The van der Waals surface area contributed by atoms with Gasteiger partial charge in [-0.2, -0.15) is 13.2 Å². The Kier molecular flexibility index (Phi) is 4.96. The molecule has 0 amide bonds. The van der Waals surface area contributed by atoms with Crippen molar-refractivity contribution in [3.8, 4) is 0 Å². The quantitative estimate of drug-likeness (QED) is 0.785. The van der Waals surface area contributed by atoms with Crippen molar-refractivity contribution in [2.24, 2.45) is 11.5 Å². The lowest BCUT2D eigenvalue weighted by Crippen LogP contribution is -2.13. The highest BCUT2D eigenvalue weighted by atomic mass is 19.4. The SMILES string of the molecule is NCCCC[C@H](N)c1cccc(C(F)(F)F)c1. The Labute approximate surface area is 98.8 Å². The van der Waals surface area contributed by atoms with Crippen molar-refractivity contribution in [2.45, 2.75) is 31.5 Å². The monoisotopic (exact) mass is 246 g/mol. The average molecular weight is 246 g/mol. The maximum absolute atomic E-state index is 12.5. The molecule has 5 heteroatoms. The third-order valence-corrected chi connectivity index (χ3v) is 2.61. The van der Waals surface area contributed by atoms with E-state index in [-0.39, 0.29) is 6.04 Å². The van der Waals surface area contributed by atoms with Crippen LogP contribution in [0.15, 0.2) is 24.3 Å². The Morgan fingerprint density at radius 2 is 1.88 bits per heavy atom. The van der Waals surface area contributed by atoms with Crippen molar-refractivity contribution in [3.63, 3.8) is 0 Å². The highest BCUT2D eigenvalue weighted by Gasteiger charge is 2.30. The van der Waals surface area contributed by atoms with Crippen LogP contribution in [0, 0.1) is 0 Å². The van der Waals surface area contributed by atoms with E-state index in [1.54, 1.807) is 6.07 Å². The van der Waals surface area contributed by atoms with Gasteiger partial charge in [0.1, 0.15) is 0 Å². The van der Waals surface area contributed by atoms with Gasteiger partial charge < -0.3 is 11.5 Å². The van der Waals surface area contributed by atoms with E-state index in [1.807, 2.05) is 0 Å². The van der Waals surface area contributed by atoms with Crippen LogP contribution >= 0.6 is 0 Å². The van der Waals surface area contributed by atoms with Gasteiger partial charge in [-0.15, -0.1) is 0 Å². The van der Waals surface area contributed by atoms with Gasteiger partial charge in [-0.25, -0.2) is 0 Å². The van der Waals surface area contributed by atoms with Crippen molar-refractivity contribution in [3.05, 3.63) is 35.4 Å². The summed E-state index contributed by atoms with van der Waals surface area (Å²) in [6, 6.07) is 4.83. The molecule has 96 valence electrons. The summed E-state index contributed by atoms with van der Waals surface area (Å²) in [5, 5.41) is 0. The van der Waals surface area contributed by atoms with Crippen molar-refractivity contribution >= 4 is 0 Å². The minimum atomic E-state index is -4.31. The lowest BCUT2D eigenvalue weighted by Gasteiger charge is -2.14. The van der Waals surface area contributed by atoms with Gasteiger partial charge in [0.2, 0.25) is 0 Å². The molecule has 0 aromatic heterocycles. The van der Waals surface area contributed by atoms with Crippen LogP contribution in [0.25, 0.3) is 0 Å². The van der Waals surface area contributed by atoms with E-state index < -0.39 is 11.7 Å². The summed E-state index contributed by atoms with van der Waals surface area (Å²) in [5.74, 6) is 0. The fourth-order valence-corrected chi connectivity index (χ4v) is 1.62. The zero-order chi connectivity index (χ0) is 12.9. The summed E-state index contributed by atoms with van der Waals surface area (Å²) in [6.45, 7) is 0.579. The van der Waals surface area contributed by atoms with E-state index in [2.05, 4.69) is 0 Å². The molecule has 1 aromatic carbocycles. The molecule has 0 unspecified atom stereocenters. The largest absolute Gasteiger partial charge is 0.416 e. The first-order valence-corrected chi connectivity index (χ1v) is 5.58. The number of alkyl halides is 3. The van der Waals surface area contributed by atoms with Gasteiger partial charge in [0.15, 0.2) is 0 Å². The Bertz CT molecular complexity index is 350. The zero-order valence-electron chi connectivity index (χ0n) is 9.50. The van der Waals surface area contributed by atoms with Gasteiger partial charge in [-0.3, -0.25) is 0 Å². The van der Waals surface area contributed by atoms with E-state index in [0.717, 1.165) is 25.0 Å². The van der Waals surface area contributed by atoms with Crippen LogP contribution in [-0.4, -0.2) is 6.54 Å². The molecule has 0 radical (unpaired) electrons. The first-order valence-electron chi connectivity index (χ1n) is 5.58. The van der Waals surface area contributed by atoms with Crippen molar-refractivity contribution in [2.75, 3.05) is 6.54 Å². The van der Waals surface area contributed by atoms with Crippen LogP contribution in [0.2, 0.25) is 0 Å². The van der Waals surface area contributed by atoms with Crippen molar-refractivity contribution in [1.29, 1.82) is 0 Å². The molecule has 1 aromatic rings. The van der Waals surface area contributed by atoms with E-state index in [4.69, 9.17) is 11.5 Å². The van der Waals surface area contributed by atoms with Crippen LogP contribution in [0.3, 0.4) is 0 Å². The molecule has 0 heterocycles. The summed E-state index contributed by atoms with van der Waals surface area (Å²) in [4.78, 5) is 0. The molecule has 1 atom stereocenters. The number of halogens is 3. The van der Waals surface area contributed by atoms with Gasteiger partial charge in [0, 0.05) is 6.04 Å². The zero-order valence-corrected chi connectivity index (χ0v) is 9.50. The molecule has 1 rings (SSSR count). The molecule has 0 saturated carbocycles. The molecule has 2 nitrogen and oxygen atoms in total. The van der Waals surface area contributed by atoms with Crippen molar-refractivity contribution < 1.29 is 13.2 Å². The summed E-state index contributed by atoms with van der Waals surface area (Å²) in [7, 11) is 0. The van der Waals surface area contributed by atoms with Gasteiger partial charge in [0.25, 0.3) is 0 Å². The molecule has 0 fully saturated rings. The van der Waals surface area contributed by atoms with Gasteiger partial charge >= 0.3 is 6.18 Å². The van der Waals surface area contributed by atoms with Crippen molar-refractivity contribution in [1.82, 2.24) is 0 Å². The summed E-state index contributed by atoms with van der Waals surface area (Å²) >= 11 is 0. The smallest absolute Gasteiger partial charge is 0.330 e. The number of benzene rings is 1. The Balaban J connectivity index is 2.71. The van der Waals surface area contributed by atoms with E-state index in [0.29, 0.717) is 18.5 Å². The summed E-state index contributed by atoms with van der Waals surface area (Å²) in [5.41, 5.74) is 11.1.